The van der Waals surface area contributed by atoms with Gasteiger partial charge in [0.25, 0.3) is 0 Å². The second-order valence-electron chi connectivity index (χ2n) is 5.12. The summed E-state index contributed by atoms with van der Waals surface area (Å²) in [6.45, 7) is 2.16. The maximum absolute atomic E-state index is 11.3. The van der Waals surface area contributed by atoms with Crippen molar-refractivity contribution in [2.24, 2.45) is 11.8 Å². The Labute approximate surface area is 106 Å². The van der Waals surface area contributed by atoms with Crippen LogP contribution in [0, 0.1) is 11.8 Å². The largest absolute Gasteiger partial charge is 0.464 e. The second kappa shape index (κ2) is 4.55. The van der Waals surface area contributed by atoms with Crippen LogP contribution in [0.25, 0.3) is 0 Å². The van der Waals surface area contributed by atoms with Crippen LogP contribution in [0.4, 0.5) is 5.82 Å². The van der Waals surface area contributed by atoms with E-state index in [1.807, 2.05) is 6.07 Å². The Kier molecular flexibility index (Phi) is 2.89. The van der Waals surface area contributed by atoms with E-state index in [-0.39, 0.29) is 5.69 Å². The third-order valence-electron chi connectivity index (χ3n) is 4.10. The molecule has 3 rings (SSSR count). The number of methoxy groups -OCH3 is 1. The van der Waals surface area contributed by atoms with E-state index in [1.165, 1.54) is 26.4 Å². The van der Waals surface area contributed by atoms with Crippen LogP contribution in [0.1, 0.15) is 29.8 Å². The Hall–Kier alpha value is -1.65. The molecule has 5 heteroatoms. The summed E-state index contributed by atoms with van der Waals surface area (Å²) in [5.74, 6) is 2.09. The summed E-state index contributed by atoms with van der Waals surface area (Å²) in [5, 5.41) is 8.05. The zero-order chi connectivity index (χ0) is 12.5. The SMILES string of the molecule is COC(=O)c1ccc(N2C[C@H]3CCC[C@H]3C2)nn1. The van der Waals surface area contributed by atoms with E-state index in [1.54, 1.807) is 6.07 Å². The molecule has 5 nitrogen and oxygen atoms in total. The Morgan fingerprint density at radius 3 is 2.56 bits per heavy atom. The molecule has 0 N–H and O–H groups in total. The standard InChI is InChI=1S/C13H17N3O2/c1-18-13(17)11-5-6-12(15-14-11)16-7-9-3-2-4-10(9)8-16/h5-6,9-10H,2-4,7-8H2,1H3/t9-,10+. The maximum atomic E-state index is 11.3. The van der Waals surface area contributed by atoms with Gasteiger partial charge in [-0.25, -0.2) is 4.79 Å². The zero-order valence-electron chi connectivity index (χ0n) is 10.5. The van der Waals surface area contributed by atoms with Gasteiger partial charge >= 0.3 is 5.97 Å². The third-order valence-corrected chi connectivity index (χ3v) is 4.10. The summed E-state index contributed by atoms with van der Waals surface area (Å²) in [6.07, 6.45) is 4.06. The van der Waals surface area contributed by atoms with Gasteiger partial charge in [-0.3, -0.25) is 0 Å². The summed E-state index contributed by atoms with van der Waals surface area (Å²) in [7, 11) is 1.35. The van der Waals surface area contributed by atoms with Crippen molar-refractivity contribution in [1.29, 1.82) is 0 Å². The molecule has 1 aromatic rings. The molecule has 96 valence electrons. The van der Waals surface area contributed by atoms with E-state index in [0.29, 0.717) is 0 Å². The fraction of sp³-hybridized carbons (Fsp3) is 0.615. The van der Waals surface area contributed by atoms with E-state index in [9.17, 15) is 4.79 Å². The van der Waals surface area contributed by atoms with Gasteiger partial charge in [0, 0.05) is 13.1 Å². The molecule has 0 aromatic carbocycles. The number of anilines is 1. The predicted octanol–water partition coefficient (Wildman–Crippen LogP) is 1.50. The number of hydrogen-bond acceptors (Lipinski definition) is 5. The molecule has 2 fully saturated rings. The van der Waals surface area contributed by atoms with Gasteiger partial charge in [-0.1, -0.05) is 6.42 Å². The molecular formula is C13H17N3O2. The fourth-order valence-electron chi connectivity index (χ4n) is 3.13. The van der Waals surface area contributed by atoms with Crippen LogP contribution in [-0.2, 0) is 4.74 Å². The summed E-state index contributed by atoms with van der Waals surface area (Å²) in [5.41, 5.74) is 0.264. The molecule has 2 atom stereocenters. The summed E-state index contributed by atoms with van der Waals surface area (Å²) in [6, 6.07) is 3.54. The first kappa shape index (κ1) is 11.4. The number of rotatable bonds is 2. The van der Waals surface area contributed by atoms with Gasteiger partial charge in [0.15, 0.2) is 11.5 Å². The van der Waals surface area contributed by atoms with Crippen molar-refractivity contribution >= 4 is 11.8 Å². The van der Waals surface area contributed by atoms with Crippen LogP contribution in [0.3, 0.4) is 0 Å². The van der Waals surface area contributed by atoms with Crippen LogP contribution in [0.2, 0.25) is 0 Å². The van der Waals surface area contributed by atoms with Crippen molar-refractivity contribution in [3.05, 3.63) is 17.8 Å². The van der Waals surface area contributed by atoms with Gasteiger partial charge < -0.3 is 9.64 Å². The van der Waals surface area contributed by atoms with Gasteiger partial charge in [0.1, 0.15) is 0 Å². The molecule has 18 heavy (non-hydrogen) atoms. The van der Waals surface area contributed by atoms with E-state index < -0.39 is 5.97 Å². The molecular weight excluding hydrogens is 230 g/mol. The number of aromatic nitrogens is 2. The number of nitrogens with zero attached hydrogens (tertiary/aromatic N) is 3. The lowest BCUT2D eigenvalue weighted by Gasteiger charge is -2.17. The monoisotopic (exact) mass is 247 g/mol. The number of fused-ring (bicyclic) bond motifs is 1. The first-order chi connectivity index (χ1) is 8.78. The molecule has 1 aromatic heterocycles. The van der Waals surface area contributed by atoms with Crippen molar-refractivity contribution < 1.29 is 9.53 Å². The number of ether oxygens (including phenoxy) is 1. The average molecular weight is 247 g/mol. The van der Waals surface area contributed by atoms with Crippen LogP contribution in [0.15, 0.2) is 12.1 Å². The van der Waals surface area contributed by atoms with E-state index in [4.69, 9.17) is 0 Å². The highest BCUT2D eigenvalue weighted by molar-refractivity contribution is 5.86. The quantitative estimate of drug-likeness (QED) is 0.741. The van der Waals surface area contributed by atoms with Gasteiger partial charge in [-0.2, -0.15) is 0 Å². The van der Waals surface area contributed by atoms with Crippen molar-refractivity contribution in [3.63, 3.8) is 0 Å². The molecule has 2 aliphatic rings. The maximum Gasteiger partial charge on any atom is 0.358 e. The average Bonchev–Trinajstić information content (AvgIpc) is 2.99. The number of esters is 1. The van der Waals surface area contributed by atoms with Gasteiger partial charge in [0.2, 0.25) is 0 Å². The topological polar surface area (TPSA) is 55.3 Å². The highest BCUT2D eigenvalue weighted by Crippen LogP contribution is 2.38. The molecule has 2 heterocycles. The van der Waals surface area contributed by atoms with Crippen LogP contribution in [0.5, 0.6) is 0 Å². The van der Waals surface area contributed by atoms with E-state index in [0.717, 1.165) is 30.7 Å². The Balaban J connectivity index is 1.72. The summed E-state index contributed by atoms with van der Waals surface area (Å²) < 4.78 is 4.61. The first-order valence-corrected chi connectivity index (χ1v) is 6.45. The van der Waals surface area contributed by atoms with Crippen molar-refractivity contribution in [3.8, 4) is 0 Å². The van der Waals surface area contributed by atoms with Crippen molar-refractivity contribution in [2.75, 3.05) is 25.1 Å². The Bertz CT molecular complexity index is 434. The Morgan fingerprint density at radius 1 is 1.28 bits per heavy atom. The zero-order valence-corrected chi connectivity index (χ0v) is 10.5. The number of hydrogen-bond donors (Lipinski definition) is 0. The molecule has 1 aliphatic heterocycles. The second-order valence-corrected chi connectivity index (χ2v) is 5.12. The van der Waals surface area contributed by atoms with Crippen molar-refractivity contribution in [2.45, 2.75) is 19.3 Å². The van der Waals surface area contributed by atoms with Gasteiger partial charge in [-0.15, -0.1) is 10.2 Å². The normalized spacial score (nSPS) is 26.2. The molecule has 1 saturated heterocycles. The lowest BCUT2D eigenvalue weighted by Crippen LogP contribution is -2.22. The van der Waals surface area contributed by atoms with E-state index >= 15 is 0 Å². The lowest BCUT2D eigenvalue weighted by molar-refractivity contribution is 0.0592. The highest BCUT2D eigenvalue weighted by atomic mass is 16.5. The highest BCUT2D eigenvalue weighted by Gasteiger charge is 2.36. The minimum Gasteiger partial charge on any atom is -0.464 e. The van der Waals surface area contributed by atoms with Crippen LogP contribution in [-0.4, -0.2) is 36.4 Å². The van der Waals surface area contributed by atoms with Gasteiger partial charge in [0.05, 0.1) is 7.11 Å². The minimum absolute atomic E-state index is 0.264. The summed E-state index contributed by atoms with van der Waals surface area (Å²) >= 11 is 0. The predicted molar refractivity (Wildman–Crippen MR) is 66.4 cm³/mol. The molecule has 0 unspecified atom stereocenters. The molecule has 1 aliphatic carbocycles. The van der Waals surface area contributed by atoms with E-state index in [2.05, 4.69) is 19.8 Å². The molecule has 0 bridgehead atoms. The van der Waals surface area contributed by atoms with Crippen molar-refractivity contribution in [1.82, 2.24) is 10.2 Å². The lowest BCUT2D eigenvalue weighted by atomic mass is 10.0. The molecule has 1 saturated carbocycles. The first-order valence-electron chi connectivity index (χ1n) is 6.45. The molecule has 0 radical (unpaired) electrons. The number of carbonyl (C=O) groups is 1. The van der Waals surface area contributed by atoms with Crippen LogP contribution < -0.4 is 4.90 Å². The molecule has 0 spiro atoms. The number of carbonyl (C=O) groups excluding carboxylic acids is 1. The smallest absolute Gasteiger partial charge is 0.358 e. The third kappa shape index (κ3) is 1.94. The Morgan fingerprint density at radius 2 is 2.00 bits per heavy atom. The van der Waals surface area contributed by atoms with Gasteiger partial charge in [-0.05, 0) is 36.8 Å². The fourth-order valence-corrected chi connectivity index (χ4v) is 3.13. The minimum atomic E-state index is -0.438. The van der Waals surface area contributed by atoms with Crippen LogP contribution >= 0.6 is 0 Å². The molecule has 0 amide bonds. The summed E-state index contributed by atoms with van der Waals surface area (Å²) in [4.78, 5) is 13.5.